The molecule has 2 N–H and O–H groups in total. The number of imidazole rings is 1. The molecule has 24 heavy (non-hydrogen) atoms. The summed E-state index contributed by atoms with van der Waals surface area (Å²) < 4.78 is 5.06. The van der Waals surface area contributed by atoms with Gasteiger partial charge in [0.05, 0.1) is 18.0 Å². The number of amides is 2. The summed E-state index contributed by atoms with van der Waals surface area (Å²) in [5.41, 5.74) is 0.888. The topological polar surface area (TPSA) is 130 Å². The van der Waals surface area contributed by atoms with E-state index in [4.69, 9.17) is 4.74 Å². The summed E-state index contributed by atoms with van der Waals surface area (Å²) in [6.45, 7) is 1.28. The third-order valence-corrected chi connectivity index (χ3v) is 4.23. The Labute approximate surface area is 140 Å². The molecule has 11 heteroatoms. The third kappa shape index (κ3) is 3.45. The highest BCUT2D eigenvalue weighted by atomic mass is 32.2. The molecule has 3 rings (SSSR count). The van der Waals surface area contributed by atoms with E-state index in [-0.39, 0.29) is 18.3 Å². The van der Waals surface area contributed by atoms with Gasteiger partial charge < -0.3 is 19.9 Å². The van der Waals surface area contributed by atoms with Gasteiger partial charge in [-0.25, -0.2) is 15.0 Å². The fourth-order valence-electron chi connectivity index (χ4n) is 2.06. The maximum atomic E-state index is 12.1. The molecular weight excluding hydrogens is 336 g/mol. The second-order valence-corrected chi connectivity index (χ2v) is 5.97. The third-order valence-electron chi connectivity index (χ3n) is 3.29. The summed E-state index contributed by atoms with van der Waals surface area (Å²) in [7, 11) is 0. The number of H-pyrrole nitrogens is 1. The number of ether oxygens (including phenoxy) is 1. The van der Waals surface area contributed by atoms with Crippen molar-refractivity contribution in [3.63, 3.8) is 0 Å². The van der Waals surface area contributed by atoms with Crippen LogP contribution in [0.4, 0.5) is 5.82 Å². The van der Waals surface area contributed by atoms with Crippen molar-refractivity contribution < 1.29 is 19.1 Å². The number of thioether (sulfide) groups is 1. The molecule has 3 heterocycles. The summed E-state index contributed by atoms with van der Waals surface area (Å²) in [4.78, 5) is 51.5. The number of esters is 1. The van der Waals surface area contributed by atoms with Crippen LogP contribution >= 0.6 is 11.8 Å². The van der Waals surface area contributed by atoms with Gasteiger partial charge in [-0.1, -0.05) is 0 Å². The Morgan fingerprint density at radius 1 is 1.46 bits per heavy atom. The molecule has 0 unspecified atom stereocenters. The van der Waals surface area contributed by atoms with Crippen LogP contribution in [0.2, 0.25) is 0 Å². The lowest BCUT2D eigenvalue weighted by molar-refractivity contribution is -0.155. The lowest BCUT2D eigenvalue weighted by Crippen LogP contribution is -2.36. The Hall–Kier alpha value is -2.69. The summed E-state index contributed by atoms with van der Waals surface area (Å²) in [6.07, 6.45) is 1.67. The molecule has 0 saturated carbocycles. The number of fused-ring (bicyclic) bond motifs is 1. The number of nitrogens with zero attached hydrogens (tertiary/aromatic N) is 4. The van der Waals surface area contributed by atoms with Gasteiger partial charge in [0, 0.05) is 0 Å². The van der Waals surface area contributed by atoms with E-state index in [1.165, 1.54) is 36.2 Å². The van der Waals surface area contributed by atoms with Crippen LogP contribution in [0.25, 0.3) is 11.2 Å². The summed E-state index contributed by atoms with van der Waals surface area (Å²) in [5.74, 6) is -0.235. The number of anilines is 1. The number of carbonyl (C=O) groups is 3. The van der Waals surface area contributed by atoms with Gasteiger partial charge >= 0.3 is 5.97 Å². The van der Waals surface area contributed by atoms with E-state index >= 15 is 0 Å². The van der Waals surface area contributed by atoms with Gasteiger partial charge in [-0.15, -0.1) is 11.8 Å². The monoisotopic (exact) mass is 350 g/mol. The lowest BCUT2D eigenvalue weighted by atomic mass is 10.3. The van der Waals surface area contributed by atoms with E-state index in [1.807, 2.05) is 0 Å². The zero-order valence-corrected chi connectivity index (χ0v) is 13.5. The maximum absolute atomic E-state index is 12.1. The van der Waals surface area contributed by atoms with Gasteiger partial charge in [0.25, 0.3) is 5.91 Å². The fourth-order valence-corrected chi connectivity index (χ4v) is 2.97. The van der Waals surface area contributed by atoms with Crippen molar-refractivity contribution >= 4 is 46.5 Å². The van der Waals surface area contributed by atoms with Crippen molar-refractivity contribution in [1.29, 1.82) is 0 Å². The number of nitrogens with one attached hydrogen (secondary N) is 2. The Morgan fingerprint density at radius 2 is 2.29 bits per heavy atom. The minimum Gasteiger partial charge on any atom is -0.451 e. The Morgan fingerprint density at radius 3 is 3.04 bits per heavy atom. The van der Waals surface area contributed by atoms with Crippen LogP contribution in [0.1, 0.15) is 6.92 Å². The molecule has 0 bridgehead atoms. The van der Waals surface area contributed by atoms with E-state index in [1.54, 1.807) is 0 Å². The first-order valence-electron chi connectivity index (χ1n) is 7.04. The highest BCUT2D eigenvalue weighted by Crippen LogP contribution is 2.16. The van der Waals surface area contributed by atoms with Gasteiger partial charge in [0.15, 0.2) is 17.6 Å². The molecule has 0 aliphatic carbocycles. The molecule has 1 fully saturated rings. The molecule has 1 saturated heterocycles. The summed E-state index contributed by atoms with van der Waals surface area (Å²) in [5, 5.41) is 2.56. The number of rotatable bonds is 5. The number of carbonyl (C=O) groups excluding carboxylic acids is 3. The van der Waals surface area contributed by atoms with E-state index in [0.717, 1.165) is 0 Å². The first-order valence-corrected chi connectivity index (χ1v) is 8.20. The SMILES string of the molecule is C[C@@H](OC(=O)CN1CSCC1=O)C(=O)Nc1ncnc2nc[nH]c12. The average Bonchev–Trinajstić information content (AvgIpc) is 3.17. The second kappa shape index (κ2) is 6.83. The highest BCUT2D eigenvalue weighted by Gasteiger charge is 2.26. The minimum absolute atomic E-state index is 0.114. The van der Waals surface area contributed by atoms with Crippen molar-refractivity contribution in [3.8, 4) is 0 Å². The average molecular weight is 350 g/mol. The Bertz CT molecular complexity index is 794. The predicted octanol–water partition coefficient (Wildman–Crippen LogP) is -0.244. The van der Waals surface area contributed by atoms with Gasteiger partial charge in [-0.3, -0.25) is 14.4 Å². The second-order valence-electron chi connectivity index (χ2n) is 5.01. The van der Waals surface area contributed by atoms with Crippen LogP contribution in [-0.4, -0.2) is 66.9 Å². The van der Waals surface area contributed by atoms with Crippen LogP contribution in [0.3, 0.4) is 0 Å². The molecule has 2 amide bonds. The van der Waals surface area contributed by atoms with E-state index < -0.39 is 18.0 Å². The van der Waals surface area contributed by atoms with Crippen molar-refractivity contribution in [3.05, 3.63) is 12.7 Å². The van der Waals surface area contributed by atoms with Crippen LogP contribution < -0.4 is 5.32 Å². The standard InChI is InChI=1S/C13H14N6O4S/c1-7(23-9(21)2-19-6-24-3-8(19)20)13(22)18-12-10-11(15-4-14-10)16-5-17-12/h4-5,7H,2-3,6H2,1H3,(H2,14,15,16,17,18,22)/t7-/m1/s1. The normalized spacial score (nSPS) is 15.5. The smallest absolute Gasteiger partial charge is 0.326 e. The first-order chi connectivity index (χ1) is 11.5. The molecular formula is C13H14N6O4S. The van der Waals surface area contributed by atoms with E-state index in [9.17, 15) is 14.4 Å². The van der Waals surface area contributed by atoms with Crippen molar-refractivity contribution in [2.45, 2.75) is 13.0 Å². The van der Waals surface area contributed by atoms with E-state index in [0.29, 0.717) is 22.8 Å². The first kappa shape index (κ1) is 16.2. The summed E-state index contributed by atoms with van der Waals surface area (Å²) in [6, 6.07) is 0. The molecule has 126 valence electrons. The molecule has 2 aromatic heterocycles. The molecule has 0 radical (unpaired) electrons. The number of hydrogen-bond acceptors (Lipinski definition) is 8. The zero-order valence-electron chi connectivity index (χ0n) is 12.7. The number of hydrogen-bond donors (Lipinski definition) is 2. The van der Waals surface area contributed by atoms with Crippen molar-refractivity contribution in [1.82, 2.24) is 24.8 Å². The molecule has 0 spiro atoms. The minimum atomic E-state index is -1.03. The molecule has 1 aliphatic rings. The number of aromatic nitrogens is 4. The Kier molecular flexibility index (Phi) is 4.60. The molecule has 1 aliphatic heterocycles. The Balaban J connectivity index is 1.57. The molecule has 0 aromatic carbocycles. The lowest BCUT2D eigenvalue weighted by Gasteiger charge is -2.17. The summed E-state index contributed by atoms with van der Waals surface area (Å²) >= 11 is 1.43. The molecule has 1 atom stereocenters. The van der Waals surface area contributed by atoms with Gasteiger partial charge in [0.2, 0.25) is 5.91 Å². The predicted molar refractivity (Wildman–Crippen MR) is 84.9 cm³/mol. The molecule has 2 aromatic rings. The van der Waals surface area contributed by atoms with Crippen molar-refractivity contribution in [2.75, 3.05) is 23.5 Å². The van der Waals surface area contributed by atoms with Gasteiger partial charge in [-0.2, -0.15) is 0 Å². The van der Waals surface area contributed by atoms with Crippen LogP contribution in [0.15, 0.2) is 12.7 Å². The van der Waals surface area contributed by atoms with Gasteiger partial charge in [0.1, 0.15) is 18.4 Å². The van der Waals surface area contributed by atoms with Gasteiger partial charge in [-0.05, 0) is 6.92 Å². The van der Waals surface area contributed by atoms with Crippen LogP contribution in [0.5, 0.6) is 0 Å². The van der Waals surface area contributed by atoms with Crippen molar-refractivity contribution in [2.24, 2.45) is 0 Å². The fraction of sp³-hybridized carbons (Fsp3) is 0.385. The highest BCUT2D eigenvalue weighted by molar-refractivity contribution is 8.00. The maximum Gasteiger partial charge on any atom is 0.326 e. The number of aromatic amines is 1. The van der Waals surface area contributed by atoms with Crippen LogP contribution in [-0.2, 0) is 19.1 Å². The quantitative estimate of drug-likeness (QED) is 0.706. The van der Waals surface area contributed by atoms with E-state index in [2.05, 4.69) is 25.3 Å². The largest absolute Gasteiger partial charge is 0.451 e. The molecule has 10 nitrogen and oxygen atoms in total. The van der Waals surface area contributed by atoms with Crippen LogP contribution in [0, 0.1) is 0 Å². The zero-order chi connectivity index (χ0) is 17.1.